The van der Waals surface area contributed by atoms with Gasteiger partial charge in [0, 0.05) is 38.3 Å². The highest BCUT2D eigenvalue weighted by Crippen LogP contribution is 2.44. The first kappa shape index (κ1) is 19.0. The lowest BCUT2D eigenvalue weighted by molar-refractivity contribution is -0.131. The maximum Gasteiger partial charge on any atom is 0.308 e. The number of carbonyl (C=O) groups excluding carboxylic acids is 1. The van der Waals surface area contributed by atoms with Crippen molar-refractivity contribution in [2.75, 3.05) is 27.3 Å². The average Bonchev–Trinajstić information content (AvgIpc) is 2.73. The monoisotopic (exact) mass is 374 g/mol. The maximum atomic E-state index is 11.3. The molecule has 1 aromatic rings. The van der Waals surface area contributed by atoms with Gasteiger partial charge in [0.25, 0.3) is 0 Å². The maximum absolute atomic E-state index is 11.3. The Hall–Kier alpha value is -1.76. The van der Waals surface area contributed by atoms with Gasteiger partial charge in [-0.05, 0) is 61.0 Å². The Morgan fingerprint density at radius 3 is 3.04 bits per heavy atom. The number of carbonyl (C=O) groups is 1. The molecule has 0 amide bonds. The quantitative estimate of drug-likeness (QED) is 0.353. The number of nitrogens with one attached hydrogen (secondary N) is 1. The van der Waals surface area contributed by atoms with Crippen molar-refractivity contribution in [2.24, 2.45) is 0 Å². The number of fused-ring (bicyclic) bond motifs is 1. The van der Waals surface area contributed by atoms with Crippen LogP contribution in [0.4, 0.5) is 0 Å². The smallest absolute Gasteiger partial charge is 0.308 e. The molecule has 0 radical (unpaired) electrons. The Bertz CT molecular complexity index is 730. The van der Waals surface area contributed by atoms with Gasteiger partial charge in [-0.1, -0.05) is 18.2 Å². The molecule has 0 saturated heterocycles. The molecule has 3 rings (SSSR count). The van der Waals surface area contributed by atoms with Gasteiger partial charge in [-0.15, -0.1) is 0 Å². The van der Waals surface area contributed by atoms with E-state index in [4.69, 9.17) is 9.47 Å². The van der Waals surface area contributed by atoms with Crippen LogP contribution in [0.5, 0.6) is 5.75 Å². The predicted molar refractivity (Wildman–Crippen MR) is 104 cm³/mol. The van der Waals surface area contributed by atoms with Crippen LogP contribution in [0.15, 0.2) is 46.5 Å². The van der Waals surface area contributed by atoms with Crippen LogP contribution in [0.25, 0.3) is 0 Å². The van der Waals surface area contributed by atoms with Crippen LogP contribution in [0.1, 0.15) is 37.8 Å². The second kappa shape index (κ2) is 8.75. The normalized spacial score (nSPS) is 19.0. The van der Waals surface area contributed by atoms with E-state index < -0.39 is 0 Å². The molecule has 1 atom stereocenters. The summed E-state index contributed by atoms with van der Waals surface area (Å²) in [4.78, 5) is 12.4. The molecule has 6 heteroatoms. The van der Waals surface area contributed by atoms with E-state index in [1.807, 2.05) is 12.1 Å². The number of allylic oxidation sites excluding steroid dienone is 2. The molecule has 26 heavy (non-hydrogen) atoms. The van der Waals surface area contributed by atoms with E-state index in [0.717, 1.165) is 37.3 Å². The van der Waals surface area contributed by atoms with Gasteiger partial charge in [0.1, 0.15) is 5.75 Å². The van der Waals surface area contributed by atoms with Crippen LogP contribution in [0, 0.1) is 0 Å². The minimum Gasteiger partial charge on any atom is -0.427 e. The molecule has 1 unspecified atom stereocenters. The molecule has 1 aliphatic carbocycles. The molecule has 5 nitrogen and oxygen atoms in total. The van der Waals surface area contributed by atoms with Crippen LogP contribution in [0.3, 0.4) is 0 Å². The molecule has 0 aromatic heterocycles. The van der Waals surface area contributed by atoms with E-state index in [1.165, 1.54) is 23.8 Å². The Morgan fingerprint density at radius 1 is 1.42 bits per heavy atom. The first-order valence-electron chi connectivity index (χ1n) is 8.96. The fourth-order valence-electron chi connectivity index (χ4n) is 3.39. The number of hydrogen-bond donors (Lipinski definition) is 1. The van der Waals surface area contributed by atoms with Gasteiger partial charge in [0.05, 0.1) is 6.04 Å². The van der Waals surface area contributed by atoms with Crippen molar-refractivity contribution in [1.82, 2.24) is 9.62 Å². The third kappa shape index (κ3) is 4.31. The van der Waals surface area contributed by atoms with E-state index in [2.05, 4.69) is 34.9 Å². The molecular formula is C20H26N2O3S. The number of nitrogens with zero attached hydrogens (tertiary/aromatic N) is 1. The fraction of sp³-hybridized carbons (Fsp3) is 0.450. The summed E-state index contributed by atoms with van der Waals surface area (Å²) >= 11 is 1.69. The van der Waals surface area contributed by atoms with E-state index in [9.17, 15) is 4.79 Å². The summed E-state index contributed by atoms with van der Waals surface area (Å²) in [5.41, 5.74) is 3.89. The summed E-state index contributed by atoms with van der Waals surface area (Å²) in [6.45, 7) is 3.05. The Balaban J connectivity index is 1.95. The second-order valence-electron chi connectivity index (χ2n) is 6.46. The largest absolute Gasteiger partial charge is 0.427 e. The molecule has 0 spiro atoms. The standard InChI is InChI=1S/C20H26N2O3S/c1-14(23)25-15-9-10-17-19(13-15)26-22(2)18-8-5-4-7-16(18)20(17)21-11-6-12-24-3/h4,7,9-10,13,20-21H,5-6,8,11-12H2,1-3H3. The summed E-state index contributed by atoms with van der Waals surface area (Å²) in [6, 6.07) is 6.03. The van der Waals surface area contributed by atoms with Crippen LogP contribution in [0.2, 0.25) is 0 Å². The van der Waals surface area contributed by atoms with Crippen LogP contribution < -0.4 is 10.1 Å². The van der Waals surface area contributed by atoms with Gasteiger partial charge >= 0.3 is 5.97 Å². The number of ether oxygens (including phenoxy) is 2. The summed E-state index contributed by atoms with van der Waals surface area (Å²) in [7, 11) is 3.84. The summed E-state index contributed by atoms with van der Waals surface area (Å²) in [5, 5.41) is 3.70. The minimum atomic E-state index is -0.300. The highest BCUT2D eigenvalue weighted by atomic mass is 32.2. The van der Waals surface area contributed by atoms with Crippen molar-refractivity contribution >= 4 is 17.9 Å². The highest BCUT2D eigenvalue weighted by molar-refractivity contribution is 7.97. The lowest BCUT2D eigenvalue weighted by atomic mass is 9.92. The van der Waals surface area contributed by atoms with Crippen LogP contribution in [-0.4, -0.2) is 37.6 Å². The molecule has 1 heterocycles. The van der Waals surface area contributed by atoms with E-state index in [1.54, 1.807) is 19.1 Å². The van der Waals surface area contributed by atoms with Crippen LogP contribution >= 0.6 is 11.9 Å². The third-order valence-corrected chi connectivity index (χ3v) is 5.58. The van der Waals surface area contributed by atoms with E-state index in [-0.39, 0.29) is 12.0 Å². The second-order valence-corrected chi connectivity index (χ2v) is 7.63. The zero-order chi connectivity index (χ0) is 18.5. The highest BCUT2D eigenvalue weighted by Gasteiger charge is 2.28. The zero-order valence-corrected chi connectivity index (χ0v) is 16.4. The number of methoxy groups -OCH3 is 1. The molecule has 140 valence electrons. The van der Waals surface area contributed by atoms with E-state index >= 15 is 0 Å². The molecule has 1 N–H and O–H groups in total. The fourth-order valence-corrected chi connectivity index (χ4v) is 4.45. The van der Waals surface area contributed by atoms with Crippen molar-refractivity contribution in [1.29, 1.82) is 0 Å². The van der Waals surface area contributed by atoms with Gasteiger partial charge in [0.2, 0.25) is 0 Å². The number of esters is 1. The Kier molecular flexibility index (Phi) is 6.40. The van der Waals surface area contributed by atoms with Crippen molar-refractivity contribution in [2.45, 2.75) is 37.1 Å². The lowest BCUT2D eigenvalue weighted by Crippen LogP contribution is -2.26. The number of benzene rings is 1. The van der Waals surface area contributed by atoms with Crippen molar-refractivity contribution in [3.63, 3.8) is 0 Å². The van der Waals surface area contributed by atoms with Gasteiger partial charge in [-0.2, -0.15) is 0 Å². The Morgan fingerprint density at radius 2 is 2.27 bits per heavy atom. The van der Waals surface area contributed by atoms with Gasteiger partial charge < -0.3 is 19.1 Å². The topological polar surface area (TPSA) is 50.8 Å². The molecule has 0 bridgehead atoms. The third-order valence-electron chi connectivity index (χ3n) is 4.54. The predicted octanol–water partition coefficient (Wildman–Crippen LogP) is 3.84. The number of rotatable bonds is 6. The first-order chi connectivity index (χ1) is 12.6. The molecular weight excluding hydrogens is 348 g/mol. The summed E-state index contributed by atoms with van der Waals surface area (Å²) in [6.07, 6.45) is 7.56. The summed E-state index contributed by atoms with van der Waals surface area (Å²) in [5.74, 6) is 0.289. The zero-order valence-electron chi connectivity index (χ0n) is 15.6. The van der Waals surface area contributed by atoms with Crippen molar-refractivity contribution in [3.8, 4) is 5.75 Å². The number of hydrogen-bond acceptors (Lipinski definition) is 6. The molecule has 1 aromatic carbocycles. The van der Waals surface area contributed by atoms with Gasteiger partial charge in [-0.25, -0.2) is 0 Å². The molecule has 1 aliphatic heterocycles. The molecule has 2 aliphatic rings. The van der Waals surface area contributed by atoms with E-state index in [0.29, 0.717) is 5.75 Å². The minimum absolute atomic E-state index is 0.122. The van der Waals surface area contributed by atoms with Crippen molar-refractivity contribution < 1.29 is 14.3 Å². The molecule has 0 fully saturated rings. The lowest BCUT2D eigenvalue weighted by Gasteiger charge is -2.26. The van der Waals surface area contributed by atoms with Crippen LogP contribution in [-0.2, 0) is 9.53 Å². The average molecular weight is 375 g/mol. The first-order valence-corrected chi connectivity index (χ1v) is 9.73. The molecule has 0 saturated carbocycles. The summed E-state index contributed by atoms with van der Waals surface area (Å²) < 4.78 is 12.7. The SMILES string of the molecule is COCCCNC1C2=C(CCC=C2)N(C)Sc2cc(OC(C)=O)ccc21. The van der Waals surface area contributed by atoms with Crippen molar-refractivity contribution in [3.05, 3.63) is 47.2 Å². The van der Waals surface area contributed by atoms with Gasteiger partial charge in [-0.3, -0.25) is 4.79 Å². The Labute approximate surface area is 159 Å². The van der Waals surface area contributed by atoms with Gasteiger partial charge in [0.15, 0.2) is 0 Å².